The summed E-state index contributed by atoms with van der Waals surface area (Å²) >= 11 is 0. The summed E-state index contributed by atoms with van der Waals surface area (Å²) < 4.78 is 17.7. The second kappa shape index (κ2) is 3.32. The number of nitrogens with zero attached hydrogens (tertiary/aromatic N) is 1. The lowest BCUT2D eigenvalue weighted by Crippen LogP contribution is -1.95. The number of pyridine rings is 1. The van der Waals surface area contributed by atoms with E-state index in [9.17, 15) is 4.39 Å². The van der Waals surface area contributed by atoms with E-state index in [-0.39, 0.29) is 0 Å². The Balaban J connectivity index is 3.13. The van der Waals surface area contributed by atoms with Crippen molar-refractivity contribution in [2.45, 2.75) is 13.3 Å². The van der Waals surface area contributed by atoms with Gasteiger partial charge in [0.25, 0.3) is 0 Å². The van der Waals surface area contributed by atoms with Gasteiger partial charge in [-0.1, -0.05) is 6.92 Å². The fraction of sp³-hybridized carbons (Fsp3) is 0.375. The third-order valence-corrected chi connectivity index (χ3v) is 1.51. The molecule has 0 radical (unpaired) electrons. The highest BCUT2D eigenvalue weighted by Crippen LogP contribution is 2.20. The number of hydrogen-bond acceptors (Lipinski definition) is 2. The predicted octanol–water partition coefficient (Wildman–Crippen LogP) is 1.79. The normalized spacial score (nSPS) is 9.73. The summed E-state index contributed by atoms with van der Waals surface area (Å²) in [5.74, 6) is -0.0886. The van der Waals surface area contributed by atoms with Crippen molar-refractivity contribution in [3.05, 3.63) is 23.8 Å². The molecule has 11 heavy (non-hydrogen) atoms. The second-order valence-electron chi connectivity index (χ2n) is 2.17. The van der Waals surface area contributed by atoms with E-state index in [1.807, 2.05) is 6.92 Å². The van der Waals surface area contributed by atoms with E-state index in [2.05, 4.69) is 4.98 Å². The van der Waals surface area contributed by atoms with Crippen LogP contribution in [-0.2, 0) is 6.42 Å². The molecule has 0 unspecified atom stereocenters. The first kappa shape index (κ1) is 7.98. The standard InChI is InChI=1S/C8H10FNO/c1-3-6-4-10-5-7(9)8(6)11-2/h4-5H,3H2,1-2H3. The maximum Gasteiger partial charge on any atom is 0.183 e. The van der Waals surface area contributed by atoms with E-state index in [1.54, 1.807) is 6.20 Å². The van der Waals surface area contributed by atoms with Gasteiger partial charge in [-0.05, 0) is 6.42 Å². The molecule has 0 bridgehead atoms. The fourth-order valence-corrected chi connectivity index (χ4v) is 0.944. The van der Waals surface area contributed by atoms with Gasteiger partial charge in [-0.3, -0.25) is 4.98 Å². The van der Waals surface area contributed by atoms with E-state index in [4.69, 9.17) is 4.74 Å². The number of rotatable bonds is 2. The van der Waals surface area contributed by atoms with Crippen LogP contribution in [0.5, 0.6) is 5.75 Å². The van der Waals surface area contributed by atoms with Crippen LogP contribution in [0, 0.1) is 5.82 Å². The largest absolute Gasteiger partial charge is 0.493 e. The Labute approximate surface area is 65.0 Å². The molecule has 0 aliphatic carbocycles. The molecule has 1 heterocycles. The molecule has 1 aromatic rings. The topological polar surface area (TPSA) is 22.1 Å². The predicted molar refractivity (Wildman–Crippen MR) is 40.1 cm³/mol. The Hall–Kier alpha value is -1.12. The van der Waals surface area contributed by atoms with Gasteiger partial charge in [-0.25, -0.2) is 4.39 Å². The minimum atomic E-state index is -0.396. The van der Waals surface area contributed by atoms with Crippen molar-refractivity contribution in [3.63, 3.8) is 0 Å². The van der Waals surface area contributed by atoms with Crippen LogP contribution in [-0.4, -0.2) is 12.1 Å². The highest BCUT2D eigenvalue weighted by Gasteiger charge is 2.06. The highest BCUT2D eigenvalue weighted by atomic mass is 19.1. The number of ether oxygens (including phenoxy) is 1. The molecule has 0 atom stereocenters. The van der Waals surface area contributed by atoms with Crippen LogP contribution in [0.1, 0.15) is 12.5 Å². The average molecular weight is 155 g/mol. The zero-order valence-corrected chi connectivity index (χ0v) is 6.60. The Kier molecular flexibility index (Phi) is 2.41. The molecular weight excluding hydrogens is 145 g/mol. The molecule has 60 valence electrons. The molecule has 0 aromatic carbocycles. The minimum Gasteiger partial charge on any atom is -0.493 e. The summed E-state index contributed by atoms with van der Waals surface area (Å²) in [6.45, 7) is 1.93. The molecule has 0 saturated carbocycles. The Morgan fingerprint density at radius 1 is 1.55 bits per heavy atom. The number of halogens is 1. The van der Waals surface area contributed by atoms with Crippen molar-refractivity contribution in [2.75, 3.05) is 7.11 Å². The quantitative estimate of drug-likeness (QED) is 0.649. The number of aryl methyl sites for hydroxylation is 1. The van der Waals surface area contributed by atoms with Crippen LogP contribution >= 0.6 is 0 Å². The van der Waals surface area contributed by atoms with Crippen molar-refractivity contribution in [1.29, 1.82) is 0 Å². The van der Waals surface area contributed by atoms with Gasteiger partial charge in [0, 0.05) is 11.8 Å². The molecule has 3 heteroatoms. The zero-order valence-electron chi connectivity index (χ0n) is 6.60. The fourth-order valence-electron chi connectivity index (χ4n) is 0.944. The smallest absolute Gasteiger partial charge is 0.183 e. The van der Waals surface area contributed by atoms with Crippen LogP contribution in [0.2, 0.25) is 0 Å². The lowest BCUT2D eigenvalue weighted by Gasteiger charge is -2.05. The molecule has 0 aliphatic heterocycles. The third-order valence-electron chi connectivity index (χ3n) is 1.51. The van der Waals surface area contributed by atoms with Gasteiger partial charge in [0.1, 0.15) is 0 Å². The van der Waals surface area contributed by atoms with Crippen LogP contribution in [0.4, 0.5) is 4.39 Å². The maximum absolute atomic E-state index is 12.8. The first-order chi connectivity index (χ1) is 5.29. The maximum atomic E-state index is 12.8. The highest BCUT2D eigenvalue weighted by molar-refractivity contribution is 5.31. The number of methoxy groups -OCH3 is 1. The molecule has 0 fully saturated rings. The Morgan fingerprint density at radius 2 is 2.27 bits per heavy atom. The minimum absolute atomic E-state index is 0.308. The summed E-state index contributed by atoms with van der Waals surface area (Å²) in [4.78, 5) is 3.71. The van der Waals surface area contributed by atoms with Gasteiger partial charge in [0.05, 0.1) is 13.3 Å². The zero-order chi connectivity index (χ0) is 8.27. The van der Waals surface area contributed by atoms with Crippen molar-refractivity contribution in [2.24, 2.45) is 0 Å². The summed E-state index contributed by atoms with van der Waals surface area (Å²) in [5, 5.41) is 0. The molecular formula is C8H10FNO. The van der Waals surface area contributed by atoms with Crippen molar-refractivity contribution < 1.29 is 9.13 Å². The van der Waals surface area contributed by atoms with Crippen molar-refractivity contribution in [1.82, 2.24) is 4.98 Å². The van der Waals surface area contributed by atoms with E-state index < -0.39 is 5.82 Å². The molecule has 1 aromatic heterocycles. The number of aromatic nitrogens is 1. The van der Waals surface area contributed by atoms with E-state index in [1.165, 1.54) is 7.11 Å². The van der Waals surface area contributed by atoms with Gasteiger partial charge in [-0.2, -0.15) is 0 Å². The van der Waals surface area contributed by atoms with Crippen LogP contribution < -0.4 is 4.74 Å². The first-order valence-corrected chi connectivity index (χ1v) is 3.46. The molecule has 0 spiro atoms. The van der Waals surface area contributed by atoms with Gasteiger partial charge in [0.2, 0.25) is 0 Å². The van der Waals surface area contributed by atoms with Gasteiger partial charge in [0.15, 0.2) is 11.6 Å². The average Bonchev–Trinajstić information content (AvgIpc) is 2.04. The van der Waals surface area contributed by atoms with E-state index >= 15 is 0 Å². The van der Waals surface area contributed by atoms with Crippen molar-refractivity contribution in [3.8, 4) is 5.75 Å². The van der Waals surface area contributed by atoms with Crippen LogP contribution in [0.3, 0.4) is 0 Å². The molecule has 0 saturated heterocycles. The SMILES string of the molecule is CCc1cncc(F)c1OC. The molecule has 0 aliphatic rings. The molecule has 1 rings (SSSR count). The monoisotopic (exact) mass is 155 g/mol. The van der Waals surface area contributed by atoms with Gasteiger partial charge < -0.3 is 4.74 Å². The van der Waals surface area contributed by atoms with Crippen LogP contribution in [0.25, 0.3) is 0 Å². The number of hydrogen-bond donors (Lipinski definition) is 0. The third kappa shape index (κ3) is 1.48. The lowest BCUT2D eigenvalue weighted by atomic mass is 10.2. The Bertz CT molecular complexity index is 250. The van der Waals surface area contributed by atoms with E-state index in [0.717, 1.165) is 18.2 Å². The lowest BCUT2D eigenvalue weighted by molar-refractivity contribution is 0.380. The Morgan fingerprint density at radius 3 is 2.73 bits per heavy atom. The van der Waals surface area contributed by atoms with Crippen molar-refractivity contribution >= 4 is 0 Å². The second-order valence-corrected chi connectivity index (χ2v) is 2.17. The summed E-state index contributed by atoms with van der Waals surface area (Å²) in [6.07, 6.45) is 3.49. The first-order valence-electron chi connectivity index (χ1n) is 3.46. The van der Waals surface area contributed by atoms with Gasteiger partial charge in [-0.15, -0.1) is 0 Å². The molecule has 0 N–H and O–H groups in total. The molecule has 2 nitrogen and oxygen atoms in total. The molecule has 0 amide bonds. The summed E-state index contributed by atoms with van der Waals surface area (Å²) in [5.41, 5.74) is 0.799. The summed E-state index contributed by atoms with van der Waals surface area (Å²) in [6, 6.07) is 0. The van der Waals surface area contributed by atoms with Gasteiger partial charge >= 0.3 is 0 Å². The van der Waals surface area contributed by atoms with Crippen LogP contribution in [0.15, 0.2) is 12.4 Å². The van der Waals surface area contributed by atoms with E-state index in [0.29, 0.717) is 5.75 Å². The summed E-state index contributed by atoms with van der Waals surface area (Å²) in [7, 11) is 1.46.